The third-order valence-corrected chi connectivity index (χ3v) is 3.54. The molecule has 21 heavy (non-hydrogen) atoms. The summed E-state index contributed by atoms with van der Waals surface area (Å²) in [7, 11) is 0. The highest BCUT2D eigenvalue weighted by molar-refractivity contribution is 6.33. The van der Waals surface area contributed by atoms with Crippen molar-refractivity contribution in [3.63, 3.8) is 0 Å². The van der Waals surface area contributed by atoms with E-state index in [0.717, 1.165) is 0 Å². The van der Waals surface area contributed by atoms with Crippen molar-refractivity contribution in [1.29, 1.82) is 0 Å². The Labute approximate surface area is 128 Å². The van der Waals surface area contributed by atoms with Gasteiger partial charge in [0.15, 0.2) is 0 Å². The number of carbonyl (C=O) groups is 2. The topological polar surface area (TPSA) is 92.2 Å². The van der Waals surface area contributed by atoms with E-state index in [2.05, 4.69) is 15.3 Å². The van der Waals surface area contributed by atoms with Crippen LogP contribution in [0.5, 0.6) is 0 Å². The summed E-state index contributed by atoms with van der Waals surface area (Å²) in [5, 5.41) is 11.8. The van der Waals surface area contributed by atoms with E-state index >= 15 is 0 Å². The first-order valence-corrected chi connectivity index (χ1v) is 7.21. The molecule has 0 spiro atoms. The van der Waals surface area contributed by atoms with Gasteiger partial charge in [0.2, 0.25) is 0 Å². The Bertz CT molecular complexity index is 534. The summed E-state index contributed by atoms with van der Waals surface area (Å²) < 4.78 is 0. The molecule has 0 radical (unpaired) electrons. The highest BCUT2D eigenvalue weighted by atomic mass is 35.5. The standard InChI is InChI=1S/C14H20ClN3O3/c1-5-8(4)10(14(20)21)18-13(19)11-9(15)6-16-12(17-11)7(2)3/h6-8,10H,5H2,1-4H3,(H,18,19)(H,20,21)/t8?,10-/m0/s1. The number of nitrogens with one attached hydrogen (secondary N) is 1. The van der Waals surface area contributed by atoms with Crippen molar-refractivity contribution in [2.45, 2.75) is 46.1 Å². The summed E-state index contributed by atoms with van der Waals surface area (Å²) in [5.74, 6) is -1.35. The molecular weight excluding hydrogens is 294 g/mol. The highest BCUT2D eigenvalue weighted by Gasteiger charge is 2.27. The van der Waals surface area contributed by atoms with Gasteiger partial charge < -0.3 is 10.4 Å². The predicted octanol–water partition coefficient (Wildman–Crippen LogP) is 2.48. The van der Waals surface area contributed by atoms with Crippen molar-refractivity contribution in [2.75, 3.05) is 0 Å². The van der Waals surface area contributed by atoms with Gasteiger partial charge in [0.05, 0.1) is 11.2 Å². The molecule has 2 N–H and O–H groups in total. The largest absolute Gasteiger partial charge is 0.480 e. The summed E-state index contributed by atoms with van der Waals surface area (Å²) in [6.07, 6.45) is 1.99. The van der Waals surface area contributed by atoms with Crippen molar-refractivity contribution in [1.82, 2.24) is 15.3 Å². The number of rotatable bonds is 6. The van der Waals surface area contributed by atoms with Crippen LogP contribution in [0.2, 0.25) is 5.02 Å². The van der Waals surface area contributed by atoms with Crippen LogP contribution < -0.4 is 5.32 Å². The molecular formula is C14H20ClN3O3. The van der Waals surface area contributed by atoms with E-state index < -0.39 is 17.9 Å². The number of halogens is 1. The van der Waals surface area contributed by atoms with Gasteiger partial charge in [-0.25, -0.2) is 14.8 Å². The molecule has 2 atom stereocenters. The lowest BCUT2D eigenvalue weighted by Gasteiger charge is -2.20. The molecule has 1 aromatic rings. The number of aliphatic carboxylic acids is 1. The first-order valence-electron chi connectivity index (χ1n) is 6.84. The number of carbonyl (C=O) groups excluding carboxylic acids is 1. The van der Waals surface area contributed by atoms with Gasteiger partial charge in [-0.05, 0) is 5.92 Å². The van der Waals surface area contributed by atoms with Gasteiger partial charge >= 0.3 is 5.97 Å². The number of hydrogen-bond acceptors (Lipinski definition) is 4. The number of carboxylic acids is 1. The van der Waals surface area contributed by atoms with Crippen LogP contribution in [-0.4, -0.2) is 33.0 Å². The van der Waals surface area contributed by atoms with Gasteiger partial charge in [-0.3, -0.25) is 4.79 Å². The third-order valence-electron chi connectivity index (χ3n) is 3.26. The molecule has 1 rings (SSSR count). The van der Waals surface area contributed by atoms with E-state index in [9.17, 15) is 14.7 Å². The monoisotopic (exact) mass is 313 g/mol. The molecule has 0 aromatic carbocycles. The average Bonchev–Trinajstić information content (AvgIpc) is 2.43. The average molecular weight is 314 g/mol. The molecule has 0 aliphatic heterocycles. The molecule has 1 heterocycles. The second-order valence-electron chi connectivity index (χ2n) is 5.25. The molecule has 0 aliphatic carbocycles. The number of hydrogen-bond donors (Lipinski definition) is 2. The lowest BCUT2D eigenvalue weighted by atomic mass is 9.99. The Kier molecular flexibility index (Phi) is 6.08. The van der Waals surface area contributed by atoms with Gasteiger partial charge in [0, 0.05) is 5.92 Å². The van der Waals surface area contributed by atoms with E-state index in [-0.39, 0.29) is 22.6 Å². The van der Waals surface area contributed by atoms with E-state index in [0.29, 0.717) is 12.2 Å². The molecule has 0 saturated heterocycles. The first-order chi connectivity index (χ1) is 9.77. The van der Waals surface area contributed by atoms with Crippen LogP contribution in [0.25, 0.3) is 0 Å². The zero-order valence-corrected chi connectivity index (χ0v) is 13.3. The maximum absolute atomic E-state index is 12.2. The van der Waals surface area contributed by atoms with E-state index in [1.54, 1.807) is 6.92 Å². The van der Waals surface area contributed by atoms with E-state index in [1.165, 1.54) is 6.20 Å². The molecule has 0 saturated carbocycles. The Morgan fingerprint density at radius 1 is 1.38 bits per heavy atom. The summed E-state index contributed by atoms with van der Waals surface area (Å²) >= 11 is 5.94. The zero-order chi connectivity index (χ0) is 16.2. The molecule has 0 aliphatic rings. The maximum Gasteiger partial charge on any atom is 0.326 e. The van der Waals surface area contributed by atoms with Crippen LogP contribution in [-0.2, 0) is 4.79 Å². The second-order valence-corrected chi connectivity index (χ2v) is 5.66. The minimum Gasteiger partial charge on any atom is -0.480 e. The van der Waals surface area contributed by atoms with Crippen molar-refractivity contribution in [2.24, 2.45) is 5.92 Å². The van der Waals surface area contributed by atoms with Crippen molar-refractivity contribution >= 4 is 23.5 Å². The fraction of sp³-hybridized carbons (Fsp3) is 0.571. The van der Waals surface area contributed by atoms with Crippen LogP contribution in [0, 0.1) is 5.92 Å². The summed E-state index contributed by atoms with van der Waals surface area (Å²) in [4.78, 5) is 31.6. The molecule has 6 nitrogen and oxygen atoms in total. The Balaban J connectivity index is 3.02. The quantitative estimate of drug-likeness (QED) is 0.841. The number of amides is 1. The summed E-state index contributed by atoms with van der Waals surface area (Å²) in [5.41, 5.74) is 0.00456. The van der Waals surface area contributed by atoms with Crippen LogP contribution in [0.4, 0.5) is 0 Å². The molecule has 7 heteroatoms. The van der Waals surface area contributed by atoms with E-state index in [4.69, 9.17) is 11.6 Å². The van der Waals surface area contributed by atoms with Crippen molar-refractivity contribution in [3.05, 3.63) is 22.7 Å². The summed E-state index contributed by atoms with van der Waals surface area (Å²) in [6, 6.07) is -0.976. The van der Waals surface area contributed by atoms with Crippen molar-refractivity contribution in [3.8, 4) is 0 Å². The summed E-state index contributed by atoms with van der Waals surface area (Å²) in [6.45, 7) is 7.41. The lowest BCUT2D eigenvalue weighted by molar-refractivity contribution is -0.140. The van der Waals surface area contributed by atoms with Crippen LogP contribution in [0.15, 0.2) is 6.20 Å². The van der Waals surface area contributed by atoms with Gasteiger partial charge in [-0.2, -0.15) is 0 Å². The molecule has 1 amide bonds. The Hall–Kier alpha value is -1.69. The molecule has 1 unspecified atom stereocenters. The SMILES string of the molecule is CCC(C)[C@H](NC(=O)c1nc(C(C)C)ncc1Cl)C(=O)O. The maximum atomic E-state index is 12.2. The number of nitrogens with zero attached hydrogens (tertiary/aromatic N) is 2. The normalized spacial score (nSPS) is 13.8. The van der Waals surface area contributed by atoms with Gasteiger partial charge in [0.1, 0.15) is 17.6 Å². The zero-order valence-electron chi connectivity index (χ0n) is 12.6. The van der Waals surface area contributed by atoms with Gasteiger partial charge in [-0.15, -0.1) is 0 Å². The van der Waals surface area contributed by atoms with Gasteiger partial charge in [-0.1, -0.05) is 45.7 Å². The van der Waals surface area contributed by atoms with Crippen LogP contribution in [0.3, 0.4) is 0 Å². The minimum absolute atomic E-state index is 0.00456. The Morgan fingerprint density at radius 2 is 2.00 bits per heavy atom. The fourth-order valence-corrected chi connectivity index (χ4v) is 1.89. The lowest BCUT2D eigenvalue weighted by Crippen LogP contribution is -2.45. The third kappa shape index (κ3) is 4.39. The number of aromatic nitrogens is 2. The molecule has 0 fully saturated rings. The molecule has 116 valence electrons. The predicted molar refractivity (Wildman–Crippen MR) is 79.5 cm³/mol. The van der Waals surface area contributed by atoms with Crippen molar-refractivity contribution < 1.29 is 14.7 Å². The fourth-order valence-electron chi connectivity index (χ4n) is 1.71. The second kappa shape index (κ2) is 7.36. The van der Waals surface area contributed by atoms with Crippen LogP contribution in [0.1, 0.15) is 56.3 Å². The smallest absolute Gasteiger partial charge is 0.326 e. The highest BCUT2D eigenvalue weighted by Crippen LogP contribution is 2.17. The molecule has 1 aromatic heterocycles. The Morgan fingerprint density at radius 3 is 2.48 bits per heavy atom. The van der Waals surface area contributed by atoms with Gasteiger partial charge in [0.25, 0.3) is 5.91 Å². The number of carboxylic acid groups (broad SMARTS) is 1. The molecule has 0 bridgehead atoms. The van der Waals surface area contributed by atoms with Crippen LogP contribution >= 0.6 is 11.6 Å². The van der Waals surface area contributed by atoms with E-state index in [1.807, 2.05) is 20.8 Å². The first kappa shape index (κ1) is 17.4. The minimum atomic E-state index is -1.08.